The first kappa shape index (κ1) is 10.1. The maximum atomic E-state index is 10.7. The van der Waals surface area contributed by atoms with Crippen LogP contribution in [0.15, 0.2) is 5.38 Å². The lowest BCUT2D eigenvalue weighted by atomic mass is 10.2. The Hall–Kier alpha value is -1.43. The molecule has 1 heterocycles. The predicted octanol–water partition coefficient (Wildman–Crippen LogP) is 1.29. The normalized spacial score (nSPS) is 23.5. The molecular formula is C9H10N2O3S. The minimum atomic E-state index is -0.769. The number of aromatic nitrogens is 1. The molecule has 0 aliphatic heterocycles. The molecule has 0 spiro atoms. The molecule has 80 valence electrons. The van der Waals surface area contributed by atoms with Gasteiger partial charge >= 0.3 is 5.97 Å². The van der Waals surface area contributed by atoms with Crippen LogP contribution in [-0.4, -0.2) is 22.0 Å². The maximum absolute atomic E-state index is 10.7. The fourth-order valence-electron chi connectivity index (χ4n) is 1.46. The van der Waals surface area contributed by atoms with E-state index in [1.54, 1.807) is 5.38 Å². The smallest absolute Gasteiger partial charge is 0.307 e. The Morgan fingerprint density at radius 1 is 1.67 bits per heavy atom. The lowest BCUT2D eigenvalue weighted by Gasteiger charge is -1.93. The zero-order valence-electron chi connectivity index (χ0n) is 8.06. The minimum Gasteiger partial charge on any atom is -0.481 e. The van der Waals surface area contributed by atoms with Crippen molar-refractivity contribution in [3.8, 4) is 0 Å². The number of carboxylic acids is 1. The number of anilines is 1. The highest BCUT2D eigenvalue weighted by Crippen LogP contribution is 2.47. The van der Waals surface area contributed by atoms with Gasteiger partial charge in [-0.25, -0.2) is 4.98 Å². The van der Waals surface area contributed by atoms with E-state index in [2.05, 4.69) is 10.3 Å². The number of hydrogen-bond donors (Lipinski definition) is 2. The van der Waals surface area contributed by atoms with Crippen LogP contribution in [0.25, 0.3) is 0 Å². The van der Waals surface area contributed by atoms with Crippen LogP contribution < -0.4 is 5.32 Å². The highest BCUT2D eigenvalue weighted by atomic mass is 32.1. The van der Waals surface area contributed by atoms with Crippen LogP contribution in [0.5, 0.6) is 0 Å². The second kappa shape index (κ2) is 3.62. The number of thiazole rings is 1. The Labute approximate surface area is 90.1 Å². The largest absolute Gasteiger partial charge is 0.481 e. The molecule has 15 heavy (non-hydrogen) atoms. The van der Waals surface area contributed by atoms with Crippen molar-refractivity contribution in [2.45, 2.75) is 19.3 Å². The van der Waals surface area contributed by atoms with E-state index < -0.39 is 5.97 Å². The topological polar surface area (TPSA) is 79.3 Å². The Morgan fingerprint density at radius 3 is 2.93 bits per heavy atom. The van der Waals surface area contributed by atoms with Gasteiger partial charge in [-0.15, -0.1) is 11.3 Å². The summed E-state index contributed by atoms with van der Waals surface area (Å²) in [6.07, 6.45) is 0.651. The summed E-state index contributed by atoms with van der Waals surface area (Å²) in [5.74, 6) is -1.20. The highest BCUT2D eigenvalue weighted by molar-refractivity contribution is 7.13. The Balaban J connectivity index is 2.03. The van der Waals surface area contributed by atoms with E-state index in [9.17, 15) is 9.59 Å². The van der Waals surface area contributed by atoms with E-state index in [0.29, 0.717) is 11.6 Å². The number of nitrogens with one attached hydrogen (secondary N) is 1. The molecule has 2 N–H and O–H groups in total. The first-order valence-corrected chi connectivity index (χ1v) is 5.41. The highest BCUT2D eigenvalue weighted by Gasteiger charge is 2.45. The molecule has 5 nitrogen and oxygen atoms in total. The summed E-state index contributed by atoms with van der Waals surface area (Å²) in [5.41, 5.74) is 0.774. The SMILES string of the molecule is CC(=O)Nc1nc([C@@H]2C[C@@H]2C(=O)O)cs1. The second-order valence-electron chi connectivity index (χ2n) is 3.55. The molecule has 1 fully saturated rings. The summed E-state index contributed by atoms with van der Waals surface area (Å²) in [6, 6.07) is 0. The number of nitrogens with zero attached hydrogens (tertiary/aromatic N) is 1. The third-order valence-corrected chi connectivity index (χ3v) is 3.07. The second-order valence-corrected chi connectivity index (χ2v) is 4.40. The van der Waals surface area contributed by atoms with Crippen LogP contribution in [0, 0.1) is 5.92 Å². The molecule has 1 saturated carbocycles. The predicted molar refractivity (Wildman–Crippen MR) is 54.9 cm³/mol. The first-order valence-electron chi connectivity index (χ1n) is 4.53. The first-order chi connectivity index (χ1) is 7.08. The quantitative estimate of drug-likeness (QED) is 0.813. The summed E-state index contributed by atoms with van der Waals surface area (Å²) in [5, 5.41) is 13.7. The van der Waals surface area contributed by atoms with Crippen molar-refractivity contribution in [2.24, 2.45) is 5.92 Å². The molecule has 2 atom stereocenters. The fraction of sp³-hybridized carbons (Fsp3) is 0.444. The van der Waals surface area contributed by atoms with Crippen molar-refractivity contribution >= 4 is 28.3 Å². The molecule has 1 aromatic rings. The van der Waals surface area contributed by atoms with Crippen molar-refractivity contribution in [1.29, 1.82) is 0 Å². The van der Waals surface area contributed by atoms with Crippen molar-refractivity contribution < 1.29 is 14.7 Å². The summed E-state index contributed by atoms with van der Waals surface area (Å²) in [6.45, 7) is 1.41. The molecular weight excluding hydrogens is 216 g/mol. The molecule has 0 radical (unpaired) electrons. The van der Waals surface area contributed by atoms with Gasteiger partial charge in [-0.05, 0) is 6.42 Å². The van der Waals surface area contributed by atoms with E-state index in [0.717, 1.165) is 5.69 Å². The lowest BCUT2D eigenvalue weighted by Crippen LogP contribution is -2.05. The molecule has 6 heteroatoms. The zero-order valence-corrected chi connectivity index (χ0v) is 8.87. The zero-order chi connectivity index (χ0) is 11.0. The van der Waals surface area contributed by atoms with Crippen LogP contribution in [0.1, 0.15) is 25.0 Å². The third kappa shape index (κ3) is 2.15. The molecule has 1 aliphatic rings. The van der Waals surface area contributed by atoms with Crippen molar-refractivity contribution in [2.75, 3.05) is 5.32 Å². The van der Waals surface area contributed by atoms with E-state index >= 15 is 0 Å². The molecule has 2 rings (SSSR count). The van der Waals surface area contributed by atoms with E-state index in [1.807, 2.05) is 0 Å². The molecule has 1 aromatic heterocycles. The summed E-state index contributed by atoms with van der Waals surface area (Å²) >= 11 is 1.32. The number of rotatable bonds is 3. The van der Waals surface area contributed by atoms with Crippen molar-refractivity contribution in [1.82, 2.24) is 4.98 Å². The van der Waals surface area contributed by atoms with Crippen LogP contribution in [-0.2, 0) is 9.59 Å². The molecule has 1 amide bonds. The van der Waals surface area contributed by atoms with Gasteiger partial charge in [0.15, 0.2) is 5.13 Å². The summed E-state index contributed by atoms with van der Waals surface area (Å²) in [4.78, 5) is 25.5. The van der Waals surface area contributed by atoms with Gasteiger partial charge in [0.25, 0.3) is 0 Å². The number of carbonyl (C=O) groups excluding carboxylic acids is 1. The number of carbonyl (C=O) groups is 2. The van der Waals surface area contributed by atoms with Crippen LogP contribution in [0.2, 0.25) is 0 Å². The van der Waals surface area contributed by atoms with Crippen LogP contribution in [0.4, 0.5) is 5.13 Å². The monoisotopic (exact) mass is 226 g/mol. The molecule has 0 aromatic carbocycles. The van der Waals surface area contributed by atoms with Crippen LogP contribution in [0.3, 0.4) is 0 Å². The Morgan fingerprint density at radius 2 is 2.40 bits per heavy atom. The van der Waals surface area contributed by atoms with E-state index in [1.165, 1.54) is 18.3 Å². The van der Waals surface area contributed by atoms with Gasteiger partial charge in [-0.2, -0.15) is 0 Å². The minimum absolute atomic E-state index is 0.0289. The fourth-order valence-corrected chi connectivity index (χ4v) is 2.28. The van der Waals surface area contributed by atoms with Gasteiger partial charge in [0.1, 0.15) is 0 Å². The molecule has 0 bridgehead atoms. The van der Waals surface area contributed by atoms with Gasteiger partial charge in [0.05, 0.1) is 11.6 Å². The standard InChI is InChI=1S/C9H10N2O3S/c1-4(12)10-9-11-7(3-15-9)5-2-6(5)8(13)14/h3,5-6H,2H2,1H3,(H,13,14)(H,10,11,12)/t5-,6+/m1/s1. The number of carboxylic acid groups (broad SMARTS) is 1. The number of amides is 1. The van der Waals surface area contributed by atoms with Gasteiger partial charge < -0.3 is 10.4 Å². The van der Waals surface area contributed by atoms with Crippen molar-refractivity contribution in [3.63, 3.8) is 0 Å². The molecule has 0 unspecified atom stereocenters. The average molecular weight is 226 g/mol. The third-order valence-electron chi connectivity index (χ3n) is 2.29. The van der Waals surface area contributed by atoms with Crippen LogP contribution >= 0.6 is 11.3 Å². The summed E-state index contributed by atoms with van der Waals surface area (Å²) in [7, 11) is 0. The van der Waals surface area contributed by atoms with E-state index in [-0.39, 0.29) is 17.7 Å². The Kier molecular flexibility index (Phi) is 2.44. The van der Waals surface area contributed by atoms with Gasteiger partial charge in [-0.1, -0.05) is 0 Å². The average Bonchev–Trinajstić information content (AvgIpc) is 2.81. The molecule has 1 aliphatic carbocycles. The van der Waals surface area contributed by atoms with Crippen molar-refractivity contribution in [3.05, 3.63) is 11.1 Å². The van der Waals surface area contributed by atoms with Gasteiger partial charge in [0, 0.05) is 18.2 Å². The summed E-state index contributed by atoms with van der Waals surface area (Å²) < 4.78 is 0. The number of aliphatic carboxylic acids is 1. The lowest BCUT2D eigenvalue weighted by molar-refractivity contribution is -0.138. The van der Waals surface area contributed by atoms with Gasteiger partial charge in [0.2, 0.25) is 5.91 Å². The molecule has 0 saturated heterocycles. The van der Waals surface area contributed by atoms with Gasteiger partial charge in [-0.3, -0.25) is 9.59 Å². The maximum Gasteiger partial charge on any atom is 0.307 e. The Bertz CT molecular complexity index is 415. The number of hydrogen-bond acceptors (Lipinski definition) is 4. The van der Waals surface area contributed by atoms with E-state index in [4.69, 9.17) is 5.11 Å².